The minimum atomic E-state index is -3.14. The lowest BCUT2D eigenvalue weighted by Gasteiger charge is -2.47. The summed E-state index contributed by atoms with van der Waals surface area (Å²) in [6, 6.07) is 19.6. The summed E-state index contributed by atoms with van der Waals surface area (Å²) in [7, 11) is -3.14. The molecule has 0 saturated carbocycles. The van der Waals surface area contributed by atoms with Crippen LogP contribution in [0.4, 0.5) is 0 Å². The Hall–Kier alpha value is -2.67. The van der Waals surface area contributed by atoms with Gasteiger partial charge in [0.1, 0.15) is 6.10 Å². The van der Waals surface area contributed by atoms with E-state index in [9.17, 15) is 14.4 Å². The van der Waals surface area contributed by atoms with E-state index in [1.165, 1.54) is 6.92 Å². The van der Waals surface area contributed by atoms with Gasteiger partial charge in [0.05, 0.1) is 6.61 Å². The maximum absolute atomic E-state index is 12.3. The second-order valence-corrected chi connectivity index (χ2v) is 17.8. The van der Waals surface area contributed by atoms with Gasteiger partial charge < -0.3 is 28.1 Å². The van der Waals surface area contributed by atoms with E-state index in [2.05, 4.69) is 20.8 Å². The van der Waals surface area contributed by atoms with Crippen molar-refractivity contribution in [3.8, 4) is 0 Å². The standard InChI is InChI=1S/C30H36Cl3NO9Si/c1-18(35)39-24-23(42-27(43-28(34)30(31,32)33)26(41-20(3)37)25(24)40-19(2)36)17-38-44(29(4,5)6,21-13-9-7-10-14-21)22-15-11-8-12-16-22/h7-16,23-27,34H,17H2,1-6H3. The van der Waals surface area contributed by atoms with E-state index in [-0.39, 0.29) is 6.61 Å². The largest absolute Gasteiger partial charge is 0.456 e. The summed E-state index contributed by atoms with van der Waals surface area (Å²) in [6.07, 6.45) is -7.05. The third-order valence-electron chi connectivity index (χ3n) is 6.87. The van der Waals surface area contributed by atoms with Gasteiger partial charge in [-0.2, -0.15) is 0 Å². The Labute approximate surface area is 272 Å². The Bertz CT molecular complexity index is 1280. The van der Waals surface area contributed by atoms with E-state index in [0.717, 1.165) is 24.2 Å². The number of carbonyl (C=O) groups is 3. The maximum Gasteiger partial charge on any atom is 0.303 e. The first-order chi connectivity index (χ1) is 20.5. The van der Waals surface area contributed by atoms with Crippen LogP contribution < -0.4 is 10.4 Å². The minimum absolute atomic E-state index is 0.198. The van der Waals surface area contributed by atoms with Crippen molar-refractivity contribution in [2.75, 3.05) is 6.61 Å². The molecule has 5 unspecified atom stereocenters. The number of hydrogen-bond donors (Lipinski definition) is 1. The van der Waals surface area contributed by atoms with Crippen LogP contribution in [-0.4, -0.2) is 73.2 Å². The third-order valence-corrected chi connectivity index (χ3v) is 12.4. The number of alkyl halides is 3. The summed E-state index contributed by atoms with van der Waals surface area (Å²) in [5.74, 6) is -3.13. The number of benzene rings is 2. The number of rotatable bonds is 9. The molecule has 2 aromatic rings. The molecule has 44 heavy (non-hydrogen) atoms. The van der Waals surface area contributed by atoms with E-state index in [4.69, 9.17) is 68.3 Å². The van der Waals surface area contributed by atoms with Gasteiger partial charge in [0.25, 0.3) is 12.1 Å². The van der Waals surface area contributed by atoms with Crippen LogP contribution in [0.3, 0.4) is 0 Å². The molecule has 14 heteroatoms. The molecule has 240 valence electrons. The van der Waals surface area contributed by atoms with E-state index < -0.39 is 71.7 Å². The fourth-order valence-corrected chi connectivity index (χ4v) is 9.94. The second kappa shape index (κ2) is 14.6. The lowest BCUT2D eigenvalue weighted by Crippen LogP contribution is -2.69. The van der Waals surface area contributed by atoms with Crippen molar-refractivity contribution < 1.29 is 42.5 Å². The molecule has 10 nitrogen and oxygen atoms in total. The molecule has 5 atom stereocenters. The molecule has 0 spiro atoms. The van der Waals surface area contributed by atoms with Crippen LogP contribution in [0.1, 0.15) is 41.5 Å². The van der Waals surface area contributed by atoms with Gasteiger partial charge in [0.2, 0.25) is 18.3 Å². The second-order valence-electron chi connectivity index (χ2n) is 11.2. The normalized spacial score (nSPS) is 22.4. The van der Waals surface area contributed by atoms with Crippen LogP contribution in [0.25, 0.3) is 0 Å². The van der Waals surface area contributed by atoms with Crippen LogP contribution >= 0.6 is 34.8 Å². The van der Waals surface area contributed by atoms with Crippen LogP contribution in [0.5, 0.6) is 0 Å². The number of hydrogen-bond acceptors (Lipinski definition) is 10. The van der Waals surface area contributed by atoms with E-state index >= 15 is 0 Å². The fourth-order valence-electron chi connectivity index (χ4n) is 5.24. The predicted molar refractivity (Wildman–Crippen MR) is 168 cm³/mol. The first kappa shape index (κ1) is 35.8. The highest BCUT2D eigenvalue weighted by molar-refractivity contribution is 6.99. The van der Waals surface area contributed by atoms with Crippen molar-refractivity contribution in [1.29, 1.82) is 5.41 Å². The molecule has 0 radical (unpaired) electrons. The lowest BCUT2D eigenvalue weighted by molar-refractivity contribution is -0.290. The van der Waals surface area contributed by atoms with Gasteiger partial charge in [0.15, 0.2) is 12.2 Å². The molecule has 1 aliphatic rings. The fraction of sp³-hybridized carbons (Fsp3) is 0.467. The van der Waals surface area contributed by atoms with E-state index in [1.54, 1.807) is 0 Å². The molecule has 1 fully saturated rings. The van der Waals surface area contributed by atoms with E-state index in [0.29, 0.717) is 0 Å². The smallest absolute Gasteiger partial charge is 0.303 e. The average molecular weight is 689 g/mol. The number of ether oxygens (including phenoxy) is 5. The van der Waals surface area contributed by atoms with Gasteiger partial charge in [-0.25, -0.2) is 0 Å². The Morgan fingerprint density at radius 2 is 1.18 bits per heavy atom. The molecule has 3 rings (SSSR count). The van der Waals surface area contributed by atoms with Crippen molar-refractivity contribution in [2.45, 2.75) is 81.1 Å². The van der Waals surface area contributed by atoms with Crippen LogP contribution in [-0.2, 0) is 42.5 Å². The summed E-state index contributed by atoms with van der Waals surface area (Å²) in [4.78, 5) is 36.7. The Kier molecular flexibility index (Phi) is 11.9. The zero-order valence-electron chi connectivity index (χ0n) is 25.2. The first-order valence-electron chi connectivity index (χ1n) is 13.7. The zero-order valence-corrected chi connectivity index (χ0v) is 28.4. The maximum atomic E-state index is 12.3. The Morgan fingerprint density at radius 1 is 0.750 bits per heavy atom. The molecule has 0 aliphatic carbocycles. The lowest BCUT2D eigenvalue weighted by atomic mass is 9.98. The van der Waals surface area contributed by atoms with Crippen LogP contribution in [0.15, 0.2) is 60.7 Å². The van der Waals surface area contributed by atoms with Gasteiger partial charge in [-0.3, -0.25) is 19.8 Å². The predicted octanol–water partition coefficient (Wildman–Crippen LogP) is 4.45. The molecular formula is C30H36Cl3NO9Si. The molecule has 0 amide bonds. The van der Waals surface area contributed by atoms with Gasteiger partial charge >= 0.3 is 17.9 Å². The summed E-state index contributed by atoms with van der Waals surface area (Å²) >= 11 is 17.6. The highest BCUT2D eigenvalue weighted by atomic mass is 35.6. The highest BCUT2D eigenvalue weighted by Gasteiger charge is 2.56. The van der Waals surface area contributed by atoms with Crippen LogP contribution in [0.2, 0.25) is 5.04 Å². The molecule has 2 aromatic carbocycles. The van der Waals surface area contributed by atoms with Gasteiger partial charge in [-0.15, -0.1) is 0 Å². The van der Waals surface area contributed by atoms with Crippen molar-refractivity contribution in [1.82, 2.24) is 0 Å². The molecule has 1 aliphatic heterocycles. The number of nitrogens with one attached hydrogen (secondary N) is 1. The van der Waals surface area contributed by atoms with Crippen LogP contribution in [0, 0.1) is 5.41 Å². The summed E-state index contributed by atoms with van der Waals surface area (Å²) < 4.78 is 33.0. The number of carbonyl (C=O) groups excluding carboxylic acids is 3. The molecule has 0 bridgehead atoms. The quantitative estimate of drug-likeness (QED) is 0.101. The molecule has 1 saturated heterocycles. The monoisotopic (exact) mass is 687 g/mol. The summed E-state index contributed by atoms with van der Waals surface area (Å²) in [5.41, 5.74) is 0. The summed E-state index contributed by atoms with van der Waals surface area (Å²) in [6.45, 7) is 9.47. The topological polar surface area (TPSA) is 130 Å². The van der Waals surface area contributed by atoms with Crippen molar-refractivity contribution in [2.24, 2.45) is 0 Å². The molecule has 1 heterocycles. The van der Waals surface area contributed by atoms with Crippen molar-refractivity contribution >= 4 is 77.3 Å². The molecular weight excluding hydrogens is 653 g/mol. The average Bonchev–Trinajstić information content (AvgIpc) is 2.92. The summed E-state index contributed by atoms with van der Waals surface area (Å²) in [5, 5.41) is 9.65. The SMILES string of the molecule is CC(=O)OC1C(CO[Si](c2ccccc2)(c2ccccc2)C(C)(C)C)OC(OC(=N)C(Cl)(Cl)Cl)C(OC(C)=O)C1OC(C)=O. The van der Waals surface area contributed by atoms with E-state index in [1.807, 2.05) is 60.7 Å². The highest BCUT2D eigenvalue weighted by Crippen LogP contribution is 2.38. The third kappa shape index (κ3) is 8.52. The van der Waals surface area contributed by atoms with Gasteiger partial charge in [-0.05, 0) is 15.4 Å². The zero-order chi connectivity index (χ0) is 32.9. The molecule has 0 aromatic heterocycles. The van der Waals surface area contributed by atoms with Crippen molar-refractivity contribution in [3.05, 3.63) is 60.7 Å². The van der Waals surface area contributed by atoms with Crippen molar-refractivity contribution in [3.63, 3.8) is 0 Å². The Morgan fingerprint density at radius 3 is 1.59 bits per heavy atom. The molecule has 1 N–H and O–H groups in total. The number of esters is 3. The minimum Gasteiger partial charge on any atom is -0.456 e. The van der Waals surface area contributed by atoms with Gasteiger partial charge in [-0.1, -0.05) is 116 Å². The van der Waals surface area contributed by atoms with Gasteiger partial charge in [0, 0.05) is 20.8 Å². The Balaban J connectivity index is 2.16. The number of halogens is 3. The first-order valence-corrected chi connectivity index (χ1v) is 16.8.